The molecule has 2 aromatic rings. The number of carbonyl (C=O) groups is 2. The Kier molecular flexibility index (Phi) is 4.90. The molecule has 0 heterocycles. The molecule has 0 bridgehead atoms. The van der Waals surface area contributed by atoms with Crippen molar-refractivity contribution in [2.45, 2.75) is 6.42 Å². The molecular weight excluding hydrogens is 295 g/mol. The van der Waals surface area contributed by atoms with Gasteiger partial charge in [0.05, 0.1) is 5.69 Å². The fourth-order valence-electron chi connectivity index (χ4n) is 1.67. The molecule has 0 aliphatic rings. The second kappa shape index (κ2) is 6.85. The van der Waals surface area contributed by atoms with Crippen molar-refractivity contribution in [3.05, 3.63) is 59.4 Å². The number of amides is 2. The summed E-state index contributed by atoms with van der Waals surface area (Å²) in [7, 11) is 0. The van der Waals surface area contributed by atoms with E-state index in [4.69, 9.17) is 11.6 Å². The Bertz CT molecular complexity index is 676. The number of hydrogen-bond donors (Lipinski definition) is 2. The highest BCUT2D eigenvalue weighted by molar-refractivity contribution is 6.30. The SMILES string of the molecule is O=C(CC(=O)Nc1ccccc1F)Nc1cccc(Cl)c1. The summed E-state index contributed by atoms with van der Waals surface area (Å²) in [6.07, 6.45) is -0.416. The van der Waals surface area contributed by atoms with Crippen LogP contribution in [0.3, 0.4) is 0 Å². The standard InChI is InChI=1S/C15H12ClFN2O2/c16-10-4-3-5-11(8-10)18-14(20)9-15(21)19-13-7-2-1-6-12(13)17/h1-8H,9H2,(H,18,20)(H,19,21). The average Bonchev–Trinajstić information content (AvgIpc) is 2.41. The molecule has 21 heavy (non-hydrogen) atoms. The Labute approximate surface area is 125 Å². The van der Waals surface area contributed by atoms with Gasteiger partial charge in [0.1, 0.15) is 12.2 Å². The summed E-state index contributed by atoms with van der Waals surface area (Å²) in [5.41, 5.74) is 0.532. The highest BCUT2D eigenvalue weighted by Crippen LogP contribution is 2.15. The Morgan fingerprint density at radius 1 is 1.00 bits per heavy atom. The van der Waals surface area contributed by atoms with E-state index in [1.54, 1.807) is 30.3 Å². The predicted molar refractivity (Wildman–Crippen MR) is 79.7 cm³/mol. The Morgan fingerprint density at radius 3 is 2.43 bits per heavy atom. The van der Waals surface area contributed by atoms with Crippen LogP contribution in [0.5, 0.6) is 0 Å². The molecule has 0 aromatic heterocycles. The minimum absolute atomic E-state index is 0.0399. The monoisotopic (exact) mass is 306 g/mol. The van der Waals surface area contributed by atoms with Gasteiger partial charge in [-0.15, -0.1) is 0 Å². The van der Waals surface area contributed by atoms with E-state index in [2.05, 4.69) is 10.6 Å². The van der Waals surface area contributed by atoms with Gasteiger partial charge in [0.25, 0.3) is 0 Å². The number of carbonyl (C=O) groups excluding carboxylic acids is 2. The highest BCUT2D eigenvalue weighted by Gasteiger charge is 2.11. The minimum Gasteiger partial charge on any atom is -0.326 e. The molecule has 0 aliphatic heterocycles. The fourth-order valence-corrected chi connectivity index (χ4v) is 1.86. The van der Waals surface area contributed by atoms with Gasteiger partial charge >= 0.3 is 0 Å². The van der Waals surface area contributed by atoms with Gasteiger partial charge in [0.15, 0.2) is 0 Å². The van der Waals surface area contributed by atoms with Crippen molar-refractivity contribution in [3.8, 4) is 0 Å². The minimum atomic E-state index is -0.598. The van der Waals surface area contributed by atoms with Crippen molar-refractivity contribution < 1.29 is 14.0 Å². The van der Waals surface area contributed by atoms with E-state index in [-0.39, 0.29) is 5.69 Å². The number of para-hydroxylation sites is 1. The van der Waals surface area contributed by atoms with Crippen LogP contribution in [0.25, 0.3) is 0 Å². The van der Waals surface area contributed by atoms with Crippen molar-refractivity contribution in [2.24, 2.45) is 0 Å². The first-order valence-corrected chi connectivity index (χ1v) is 6.52. The van der Waals surface area contributed by atoms with Gasteiger partial charge in [-0.3, -0.25) is 9.59 Å². The Morgan fingerprint density at radius 2 is 1.71 bits per heavy atom. The maximum absolute atomic E-state index is 13.3. The summed E-state index contributed by atoms with van der Waals surface area (Å²) in [6.45, 7) is 0. The van der Waals surface area contributed by atoms with Gasteiger partial charge in [-0.25, -0.2) is 4.39 Å². The topological polar surface area (TPSA) is 58.2 Å². The molecule has 0 fully saturated rings. The summed E-state index contributed by atoms with van der Waals surface area (Å²) >= 11 is 5.79. The van der Waals surface area contributed by atoms with Crippen LogP contribution in [-0.2, 0) is 9.59 Å². The van der Waals surface area contributed by atoms with Crippen LogP contribution in [0, 0.1) is 5.82 Å². The summed E-state index contributed by atoms with van der Waals surface area (Å²) in [5, 5.41) is 5.35. The van der Waals surface area contributed by atoms with E-state index in [0.29, 0.717) is 10.7 Å². The first-order chi connectivity index (χ1) is 10.0. The molecule has 2 rings (SSSR count). The lowest BCUT2D eigenvalue weighted by Crippen LogP contribution is -2.21. The van der Waals surface area contributed by atoms with E-state index < -0.39 is 24.1 Å². The Balaban J connectivity index is 1.91. The van der Waals surface area contributed by atoms with Crippen LogP contribution in [0.4, 0.5) is 15.8 Å². The summed E-state index contributed by atoms with van der Waals surface area (Å²) in [4.78, 5) is 23.4. The predicted octanol–water partition coefficient (Wildman–Crippen LogP) is 3.45. The second-order valence-electron chi connectivity index (χ2n) is 4.26. The third-order valence-electron chi connectivity index (χ3n) is 2.58. The van der Waals surface area contributed by atoms with Crippen LogP contribution < -0.4 is 10.6 Å². The molecule has 4 nitrogen and oxygen atoms in total. The zero-order valence-electron chi connectivity index (χ0n) is 10.9. The maximum atomic E-state index is 13.3. The van der Waals surface area contributed by atoms with E-state index >= 15 is 0 Å². The molecule has 0 saturated carbocycles. The van der Waals surface area contributed by atoms with Crippen molar-refractivity contribution in [2.75, 3.05) is 10.6 Å². The quantitative estimate of drug-likeness (QED) is 0.850. The molecule has 2 amide bonds. The van der Waals surface area contributed by atoms with Gasteiger partial charge in [0.2, 0.25) is 11.8 Å². The number of hydrogen-bond acceptors (Lipinski definition) is 2. The van der Waals surface area contributed by atoms with Crippen LogP contribution in [0.2, 0.25) is 5.02 Å². The maximum Gasteiger partial charge on any atom is 0.233 e. The second-order valence-corrected chi connectivity index (χ2v) is 4.70. The van der Waals surface area contributed by atoms with Gasteiger partial charge in [-0.05, 0) is 30.3 Å². The highest BCUT2D eigenvalue weighted by atomic mass is 35.5. The van der Waals surface area contributed by atoms with Crippen molar-refractivity contribution in [3.63, 3.8) is 0 Å². The lowest BCUT2D eigenvalue weighted by molar-refractivity contribution is -0.123. The molecule has 6 heteroatoms. The summed E-state index contributed by atoms with van der Waals surface area (Å²) < 4.78 is 13.3. The van der Waals surface area contributed by atoms with Gasteiger partial charge in [-0.1, -0.05) is 29.8 Å². The number of rotatable bonds is 4. The Hall–Kier alpha value is -2.40. The molecule has 0 atom stereocenters. The van der Waals surface area contributed by atoms with E-state index in [1.807, 2.05) is 0 Å². The number of benzene rings is 2. The third-order valence-corrected chi connectivity index (χ3v) is 2.81. The molecule has 0 spiro atoms. The van der Waals surface area contributed by atoms with Crippen molar-refractivity contribution in [1.82, 2.24) is 0 Å². The first kappa shape index (κ1) is 15.0. The van der Waals surface area contributed by atoms with Crippen LogP contribution in [-0.4, -0.2) is 11.8 Å². The molecule has 0 saturated heterocycles. The average molecular weight is 307 g/mol. The molecule has 0 unspecified atom stereocenters. The number of anilines is 2. The summed E-state index contributed by atoms with van der Waals surface area (Å²) in [5.74, 6) is -1.66. The van der Waals surface area contributed by atoms with Crippen molar-refractivity contribution in [1.29, 1.82) is 0 Å². The molecule has 2 N–H and O–H groups in total. The molecule has 0 aliphatic carbocycles. The van der Waals surface area contributed by atoms with Crippen LogP contribution in [0.15, 0.2) is 48.5 Å². The van der Waals surface area contributed by atoms with E-state index in [9.17, 15) is 14.0 Å². The molecular formula is C15H12ClFN2O2. The van der Waals surface area contributed by atoms with E-state index in [0.717, 1.165) is 0 Å². The number of nitrogens with one attached hydrogen (secondary N) is 2. The molecule has 2 aromatic carbocycles. The first-order valence-electron chi connectivity index (χ1n) is 6.14. The normalized spacial score (nSPS) is 10.0. The van der Waals surface area contributed by atoms with Crippen LogP contribution >= 0.6 is 11.6 Å². The zero-order chi connectivity index (χ0) is 15.2. The molecule has 0 radical (unpaired) electrons. The zero-order valence-corrected chi connectivity index (χ0v) is 11.7. The third kappa shape index (κ3) is 4.57. The van der Waals surface area contributed by atoms with Gasteiger partial charge in [-0.2, -0.15) is 0 Å². The fraction of sp³-hybridized carbons (Fsp3) is 0.0667. The van der Waals surface area contributed by atoms with E-state index in [1.165, 1.54) is 18.2 Å². The van der Waals surface area contributed by atoms with Gasteiger partial charge < -0.3 is 10.6 Å². The summed E-state index contributed by atoms with van der Waals surface area (Å²) in [6, 6.07) is 12.3. The van der Waals surface area contributed by atoms with Gasteiger partial charge in [0, 0.05) is 10.7 Å². The molecule has 108 valence electrons. The lowest BCUT2D eigenvalue weighted by Gasteiger charge is -2.07. The van der Waals surface area contributed by atoms with Crippen LogP contribution in [0.1, 0.15) is 6.42 Å². The van der Waals surface area contributed by atoms with Crippen molar-refractivity contribution >= 4 is 34.8 Å². The lowest BCUT2D eigenvalue weighted by atomic mass is 10.2. The smallest absolute Gasteiger partial charge is 0.233 e. The number of halogens is 2. The largest absolute Gasteiger partial charge is 0.326 e.